The van der Waals surface area contributed by atoms with Crippen LogP contribution in [0.3, 0.4) is 0 Å². The summed E-state index contributed by atoms with van der Waals surface area (Å²) < 4.78 is 11.1. The number of nitrogens with zero attached hydrogens (tertiary/aromatic N) is 3. The summed E-state index contributed by atoms with van der Waals surface area (Å²) in [4.78, 5) is 17.1. The highest BCUT2D eigenvalue weighted by molar-refractivity contribution is 5.92. The largest absolute Gasteiger partial charge is 0.486 e. The standard InChI is InChI=1S/C21H29N3O3/c1-14(2)20-12-23(5)8-9-24(20)21(25)19-11-18(27-22-19)13-26-17-7-6-15(3)16(4)10-17/h6-7,10-11,14,20H,8-9,12-13H2,1-5H3/t20-/m1/s1. The Bertz CT molecular complexity index is 800. The molecule has 1 aromatic heterocycles. The first kappa shape index (κ1) is 19.4. The minimum atomic E-state index is -0.0667. The van der Waals surface area contributed by atoms with Crippen LogP contribution >= 0.6 is 0 Å². The van der Waals surface area contributed by atoms with E-state index in [1.807, 2.05) is 23.1 Å². The van der Waals surface area contributed by atoms with Crippen LogP contribution in [0.5, 0.6) is 5.75 Å². The molecule has 2 aromatic rings. The van der Waals surface area contributed by atoms with Crippen molar-refractivity contribution in [2.75, 3.05) is 26.7 Å². The Morgan fingerprint density at radius 1 is 1.26 bits per heavy atom. The van der Waals surface area contributed by atoms with Crippen LogP contribution in [0.25, 0.3) is 0 Å². The van der Waals surface area contributed by atoms with Gasteiger partial charge in [0.15, 0.2) is 11.5 Å². The molecule has 1 saturated heterocycles. The van der Waals surface area contributed by atoms with E-state index in [0.29, 0.717) is 23.9 Å². The van der Waals surface area contributed by atoms with Crippen LogP contribution in [-0.2, 0) is 6.61 Å². The molecule has 1 fully saturated rings. The normalized spacial score (nSPS) is 18.1. The molecule has 0 bridgehead atoms. The van der Waals surface area contributed by atoms with Gasteiger partial charge < -0.3 is 19.1 Å². The molecule has 0 radical (unpaired) electrons. The molecule has 1 aliphatic heterocycles. The maximum atomic E-state index is 12.9. The smallest absolute Gasteiger partial charge is 0.276 e. The number of amides is 1. The van der Waals surface area contributed by atoms with Crippen molar-refractivity contribution in [3.05, 3.63) is 46.8 Å². The zero-order valence-electron chi connectivity index (χ0n) is 16.9. The van der Waals surface area contributed by atoms with Crippen molar-refractivity contribution in [1.29, 1.82) is 0 Å². The average molecular weight is 371 g/mol. The Kier molecular flexibility index (Phi) is 5.85. The Balaban J connectivity index is 1.65. The van der Waals surface area contributed by atoms with Crippen molar-refractivity contribution >= 4 is 5.91 Å². The van der Waals surface area contributed by atoms with Crippen molar-refractivity contribution in [1.82, 2.24) is 15.0 Å². The zero-order chi connectivity index (χ0) is 19.6. The summed E-state index contributed by atoms with van der Waals surface area (Å²) in [5.41, 5.74) is 2.75. The van der Waals surface area contributed by atoms with Gasteiger partial charge in [-0.15, -0.1) is 0 Å². The monoisotopic (exact) mass is 371 g/mol. The van der Waals surface area contributed by atoms with Gasteiger partial charge in [-0.1, -0.05) is 25.1 Å². The van der Waals surface area contributed by atoms with Gasteiger partial charge in [0.05, 0.1) is 0 Å². The molecule has 0 unspecified atom stereocenters. The Labute approximate surface area is 161 Å². The molecule has 1 aromatic carbocycles. The van der Waals surface area contributed by atoms with E-state index in [2.05, 4.69) is 44.8 Å². The third kappa shape index (κ3) is 4.50. The molecule has 1 amide bonds. The first-order chi connectivity index (χ1) is 12.8. The van der Waals surface area contributed by atoms with E-state index >= 15 is 0 Å². The number of ether oxygens (including phenoxy) is 1. The van der Waals surface area contributed by atoms with Gasteiger partial charge in [-0.25, -0.2) is 0 Å². The Morgan fingerprint density at radius 3 is 2.74 bits per heavy atom. The van der Waals surface area contributed by atoms with Crippen LogP contribution in [0.1, 0.15) is 41.2 Å². The lowest BCUT2D eigenvalue weighted by atomic mass is 9.99. The van der Waals surface area contributed by atoms with Crippen LogP contribution in [-0.4, -0.2) is 53.6 Å². The summed E-state index contributed by atoms with van der Waals surface area (Å²) in [5.74, 6) is 1.65. The number of likely N-dealkylation sites (N-methyl/N-ethyl adjacent to an activating group) is 1. The molecule has 2 heterocycles. The summed E-state index contributed by atoms with van der Waals surface area (Å²) in [6.45, 7) is 11.1. The van der Waals surface area contributed by atoms with Crippen LogP contribution in [0.15, 0.2) is 28.8 Å². The molecule has 0 spiro atoms. The number of carbonyl (C=O) groups is 1. The molecule has 1 aliphatic rings. The molecule has 0 saturated carbocycles. The zero-order valence-corrected chi connectivity index (χ0v) is 16.9. The van der Waals surface area contributed by atoms with Crippen molar-refractivity contribution in [3.63, 3.8) is 0 Å². The van der Waals surface area contributed by atoms with Crippen LogP contribution in [0.2, 0.25) is 0 Å². The number of benzene rings is 1. The van der Waals surface area contributed by atoms with Gasteiger partial charge in [0.2, 0.25) is 0 Å². The molecule has 27 heavy (non-hydrogen) atoms. The topological polar surface area (TPSA) is 58.8 Å². The van der Waals surface area contributed by atoms with Gasteiger partial charge in [0, 0.05) is 31.7 Å². The molecule has 146 valence electrons. The molecule has 6 heteroatoms. The van der Waals surface area contributed by atoms with Gasteiger partial charge in [0.1, 0.15) is 12.4 Å². The lowest BCUT2D eigenvalue weighted by molar-refractivity contribution is 0.0393. The number of rotatable bonds is 5. The van der Waals surface area contributed by atoms with Crippen molar-refractivity contribution in [3.8, 4) is 5.75 Å². The predicted molar refractivity (Wildman–Crippen MR) is 104 cm³/mol. The SMILES string of the molecule is Cc1ccc(OCc2cc(C(=O)N3CCN(C)C[C@@H]3C(C)C)no2)cc1C. The second-order valence-corrected chi connectivity index (χ2v) is 7.79. The minimum Gasteiger partial charge on any atom is -0.486 e. The fraction of sp³-hybridized carbons (Fsp3) is 0.524. The Morgan fingerprint density at radius 2 is 2.04 bits per heavy atom. The molecule has 0 N–H and O–H groups in total. The van der Waals surface area contributed by atoms with Crippen molar-refractivity contribution < 1.29 is 14.1 Å². The van der Waals surface area contributed by atoms with Gasteiger partial charge in [-0.2, -0.15) is 0 Å². The summed E-state index contributed by atoms with van der Waals surface area (Å²) in [6, 6.07) is 7.83. The fourth-order valence-electron chi connectivity index (χ4n) is 3.36. The molecule has 3 rings (SSSR count). The second-order valence-electron chi connectivity index (χ2n) is 7.79. The number of aryl methyl sites for hydroxylation is 2. The third-order valence-electron chi connectivity index (χ3n) is 5.29. The van der Waals surface area contributed by atoms with E-state index in [4.69, 9.17) is 9.26 Å². The number of piperazine rings is 1. The average Bonchev–Trinajstić information content (AvgIpc) is 3.11. The first-order valence-corrected chi connectivity index (χ1v) is 9.50. The van der Waals surface area contributed by atoms with Gasteiger partial charge >= 0.3 is 0 Å². The summed E-state index contributed by atoms with van der Waals surface area (Å²) in [6.07, 6.45) is 0. The fourth-order valence-corrected chi connectivity index (χ4v) is 3.36. The van der Waals surface area contributed by atoms with E-state index in [0.717, 1.165) is 18.8 Å². The summed E-state index contributed by atoms with van der Waals surface area (Å²) >= 11 is 0. The van der Waals surface area contributed by atoms with Gasteiger partial charge in [0.25, 0.3) is 5.91 Å². The van der Waals surface area contributed by atoms with Gasteiger partial charge in [-0.3, -0.25) is 4.79 Å². The highest BCUT2D eigenvalue weighted by Gasteiger charge is 2.33. The highest BCUT2D eigenvalue weighted by atomic mass is 16.5. The van der Waals surface area contributed by atoms with E-state index < -0.39 is 0 Å². The van der Waals surface area contributed by atoms with Crippen LogP contribution in [0, 0.1) is 19.8 Å². The lowest BCUT2D eigenvalue weighted by Crippen LogP contribution is -2.56. The van der Waals surface area contributed by atoms with Crippen LogP contribution < -0.4 is 4.74 Å². The van der Waals surface area contributed by atoms with Crippen LogP contribution in [0.4, 0.5) is 0 Å². The van der Waals surface area contributed by atoms with Crippen molar-refractivity contribution in [2.45, 2.75) is 40.3 Å². The number of carbonyl (C=O) groups excluding carboxylic acids is 1. The van der Waals surface area contributed by atoms with E-state index in [1.54, 1.807) is 6.07 Å². The Hall–Kier alpha value is -2.34. The highest BCUT2D eigenvalue weighted by Crippen LogP contribution is 2.21. The molecular formula is C21H29N3O3. The predicted octanol–water partition coefficient (Wildman–Crippen LogP) is 3.28. The number of hydrogen-bond acceptors (Lipinski definition) is 5. The van der Waals surface area contributed by atoms with E-state index in [-0.39, 0.29) is 18.6 Å². The van der Waals surface area contributed by atoms with E-state index in [9.17, 15) is 4.79 Å². The molecule has 6 nitrogen and oxygen atoms in total. The molecule has 0 aliphatic carbocycles. The summed E-state index contributed by atoms with van der Waals surface area (Å²) in [7, 11) is 2.09. The first-order valence-electron chi connectivity index (χ1n) is 9.50. The maximum Gasteiger partial charge on any atom is 0.276 e. The lowest BCUT2D eigenvalue weighted by Gasteiger charge is -2.41. The van der Waals surface area contributed by atoms with E-state index in [1.165, 1.54) is 11.1 Å². The number of aromatic nitrogens is 1. The number of hydrogen-bond donors (Lipinski definition) is 0. The third-order valence-corrected chi connectivity index (χ3v) is 5.29. The van der Waals surface area contributed by atoms with Crippen molar-refractivity contribution in [2.24, 2.45) is 5.92 Å². The van der Waals surface area contributed by atoms with Gasteiger partial charge in [-0.05, 0) is 50.1 Å². The summed E-state index contributed by atoms with van der Waals surface area (Å²) in [5, 5.41) is 3.99. The minimum absolute atomic E-state index is 0.0667. The quantitative estimate of drug-likeness (QED) is 0.807. The molecule has 1 atom stereocenters. The molecular weight excluding hydrogens is 342 g/mol. The second kappa shape index (κ2) is 8.13. The maximum absolute atomic E-state index is 12.9.